The van der Waals surface area contributed by atoms with E-state index in [2.05, 4.69) is 9.97 Å². The monoisotopic (exact) mass is 212 g/mol. The lowest BCUT2D eigenvalue weighted by Crippen LogP contribution is -1.96. The summed E-state index contributed by atoms with van der Waals surface area (Å²) < 4.78 is 5.40. The highest BCUT2D eigenvalue weighted by Gasteiger charge is 2.03. The molecule has 0 saturated carbocycles. The van der Waals surface area contributed by atoms with Gasteiger partial charge in [-0.25, -0.2) is 9.97 Å². The quantitative estimate of drug-likeness (QED) is 0.819. The summed E-state index contributed by atoms with van der Waals surface area (Å²) in [5, 5.41) is 8.63. The first-order chi connectivity index (χ1) is 7.79. The number of ether oxygens (including phenoxy) is 1. The maximum absolute atomic E-state index is 8.63. The number of nitrogens with two attached hydrogens (primary N) is 1. The minimum Gasteiger partial charge on any atom is -0.436 e. The van der Waals surface area contributed by atoms with E-state index in [0.29, 0.717) is 11.3 Å². The van der Waals surface area contributed by atoms with Crippen LogP contribution in [0.15, 0.2) is 36.7 Å². The molecule has 0 unspecified atom stereocenters. The van der Waals surface area contributed by atoms with Gasteiger partial charge in [0.1, 0.15) is 5.75 Å². The number of nitriles is 1. The first kappa shape index (κ1) is 9.93. The highest BCUT2D eigenvalue weighted by molar-refractivity contribution is 5.43. The minimum absolute atomic E-state index is 0.229. The third-order valence-electron chi connectivity index (χ3n) is 1.89. The fourth-order valence-electron chi connectivity index (χ4n) is 1.12. The van der Waals surface area contributed by atoms with E-state index in [0.717, 1.165) is 0 Å². The third-order valence-corrected chi connectivity index (χ3v) is 1.89. The Morgan fingerprint density at radius 3 is 2.44 bits per heavy atom. The Morgan fingerprint density at radius 2 is 1.81 bits per heavy atom. The summed E-state index contributed by atoms with van der Waals surface area (Å²) in [4.78, 5) is 7.79. The van der Waals surface area contributed by atoms with E-state index in [1.165, 1.54) is 12.4 Å². The molecule has 0 aliphatic rings. The number of rotatable bonds is 2. The highest BCUT2D eigenvalue weighted by atomic mass is 16.5. The van der Waals surface area contributed by atoms with E-state index in [9.17, 15) is 0 Å². The third kappa shape index (κ3) is 2.07. The number of nitrogens with zero attached hydrogens (tertiary/aromatic N) is 3. The van der Waals surface area contributed by atoms with E-state index >= 15 is 0 Å². The van der Waals surface area contributed by atoms with Crippen LogP contribution >= 0.6 is 0 Å². The van der Waals surface area contributed by atoms with Gasteiger partial charge in [-0.15, -0.1) is 0 Å². The van der Waals surface area contributed by atoms with Gasteiger partial charge < -0.3 is 10.5 Å². The maximum atomic E-state index is 8.63. The van der Waals surface area contributed by atoms with E-state index in [1.54, 1.807) is 24.3 Å². The summed E-state index contributed by atoms with van der Waals surface area (Å²) in [5.74, 6) is 1.05. The molecule has 0 aliphatic heterocycles. The van der Waals surface area contributed by atoms with Crippen LogP contribution in [-0.4, -0.2) is 9.97 Å². The molecule has 0 spiro atoms. The molecule has 1 aromatic heterocycles. The molecule has 0 saturated heterocycles. The number of benzene rings is 1. The smallest absolute Gasteiger partial charge is 0.262 e. The Bertz CT molecular complexity index is 530. The molecular weight excluding hydrogens is 204 g/mol. The molecule has 5 heteroatoms. The van der Waals surface area contributed by atoms with E-state index in [4.69, 9.17) is 15.7 Å². The van der Waals surface area contributed by atoms with Crippen LogP contribution in [0.2, 0.25) is 0 Å². The molecule has 1 heterocycles. The van der Waals surface area contributed by atoms with Crippen molar-refractivity contribution in [3.63, 3.8) is 0 Å². The lowest BCUT2D eigenvalue weighted by Gasteiger charge is -2.05. The second-order valence-electron chi connectivity index (χ2n) is 2.98. The van der Waals surface area contributed by atoms with Crippen LogP contribution in [0.5, 0.6) is 11.6 Å². The van der Waals surface area contributed by atoms with Crippen LogP contribution in [0.25, 0.3) is 0 Å². The molecule has 0 atom stereocenters. The fourth-order valence-corrected chi connectivity index (χ4v) is 1.12. The van der Waals surface area contributed by atoms with Crippen molar-refractivity contribution in [1.29, 1.82) is 5.26 Å². The highest BCUT2D eigenvalue weighted by Crippen LogP contribution is 2.22. The Morgan fingerprint density at radius 1 is 1.12 bits per heavy atom. The lowest BCUT2D eigenvalue weighted by atomic mass is 10.2. The van der Waals surface area contributed by atoms with Crippen LogP contribution < -0.4 is 10.5 Å². The maximum Gasteiger partial charge on any atom is 0.262 e. The molecule has 2 N–H and O–H groups in total. The van der Waals surface area contributed by atoms with Gasteiger partial charge in [0, 0.05) is 12.4 Å². The molecule has 2 rings (SSSR count). The topological polar surface area (TPSA) is 84.8 Å². The van der Waals surface area contributed by atoms with Crippen molar-refractivity contribution < 1.29 is 4.74 Å². The molecule has 0 bridgehead atoms. The number of anilines is 1. The molecular formula is C11H8N4O. The SMILES string of the molecule is N#Cc1ccc(Oc2nccnc2N)cc1. The zero-order valence-corrected chi connectivity index (χ0v) is 8.29. The van der Waals surface area contributed by atoms with Gasteiger partial charge in [0.2, 0.25) is 0 Å². The van der Waals surface area contributed by atoms with Gasteiger partial charge in [-0.2, -0.15) is 5.26 Å². The molecule has 16 heavy (non-hydrogen) atoms. The predicted octanol–water partition coefficient (Wildman–Crippen LogP) is 1.72. The van der Waals surface area contributed by atoms with Crippen LogP contribution in [0.3, 0.4) is 0 Å². The predicted molar refractivity (Wildman–Crippen MR) is 57.7 cm³/mol. The van der Waals surface area contributed by atoms with Crippen molar-refractivity contribution in [2.24, 2.45) is 0 Å². The first-order valence-electron chi connectivity index (χ1n) is 4.54. The average Bonchev–Trinajstić information content (AvgIpc) is 2.33. The van der Waals surface area contributed by atoms with E-state index in [-0.39, 0.29) is 11.7 Å². The molecule has 0 aliphatic carbocycles. The normalized spacial score (nSPS) is 9.44. The zero-order valence-electron chi connectivity index (χ0n) is 8.29. The first-order valence-corrected chi connectivity index (χ1v) is 4.54. The summed E-state index contributed by atoms with van der Waals surface area (Å²) in [7, 11) is 0. The van der Waals surface area contributed by atoms with Crippen LogP contribution in [-0.2, 0) is 0 Å². The van der Waals surface area contributed by atoms with Crippen molar-refractivity contribution in [2.45, 2.75) is 0 Å². The summed E-state index contributed by atoms with van der Waals surface area (Å²) in [6.45, 7) is 0. The van der Waals surface area contributed by atoms with Gasteiger partial charge in [-0.05, 0) is 24.3 Å². The molecule has 0 radical (unpaired) electrons. The number of hydrogen-bond donors (Lipinski definition) is 1. The van der Waals surface area contributed by atoms with Crippen molar-refractivity contribution in [2.75, 3.05) is 5.73 Å². The van der Waals surface area contributed by atoms with Crippen LogP contribution in [0.4, 0.5) is 5.82 Å². The van der Waals surface area contributed by atoms with Gasteiger partial charge in [0.15, 0.2) is 5.82 Å². The largest absolute Gasteiger partial charge is 0.436 e. The van der Waals surface area contributed by atoms with Crippen molar-refractivity contribution in [3.05, 3.63) is 42.2 Å². The Hall–Kier alpha value is -2.61. The summed E-state index contributed by atoms with van der Waals surface area (Å²) in [5.41, 5.74) is 6.14. The Balaban J connectivity index is 2.22. The summed E-state index contributed by atoms with van der Waals surface area (Å²) in [6, 6.07) is 8.68. The second-order valence-corrected chi connectivity index (χ2v) is 2.98. The fraction of sp³-hybridized carbons (Fsp3) is 0. The van der Waals surface area contributed by atoms with Gasteiger partial charge in [0.05, 0.1) is 11.6 Å². The van der Waals surface area contributed by atoms with E-state index in [1.807, 2.05) is 6.07 Å². The zero-order chi connectivity index (χ0) is 11.4. The molecule has 0 amide bonds. The van der Waals surface area contributed by atoms with E-state index < -0.39 is 0 Å². The van der Waals surface area contributed by atoms with Gasteiger partial charge in [-0.1, -0.05) is 0 Å². The second kappa shape index (κ2) is 4.28. The minimum atomic E-state index is 0.229. The summed E-state index contributed by atoms with van der Waals surface area (Å²) in [6.07, 6.45) is 2.98. The average molecular weight is 212 g/mol. The summed E-state index contributed by atoms with van der Waals surface area (Å²) >= 11 is 0. The number of aromatic nitrogens is 2. The van der Waals surface area contributed by atoms with Crippen molar-refractivity contribution in [3.8, 4) is 17.7 Å². The standard InChI is InChI=1S/C11H8N4O/c12-7-8-1-3-9(4-2-8)16-11-10(13)14-5-6-15-11/h1-6H,(H2,13,14). The van der Waals surface area contributed by atoms with Crippen LogP contribution in [0.1, 0.15) is 5.56 Å². The number of hydrogen-bond acceptors (Lipinski definition) is 5. The van der Waals surface area contributed by atoms with Crippen molar-refractivity contribution >= 4 is 5.82 Å². The lowest BCUT2D eigenvalue weighted by molar-refractivity contribution is 0.463. The van der Waals surface area contributed by atoms with Gasteiger partial charge >= 0.3 is 0 Å². The Kier molecular flexibility index (Phi) is 2.65. The molecule has 78 valence electrons. The molecule has 0 fully saturated rings. The molecule has 2 aromatic rings. The number of nitrogen functional groups attached to an aromatic ring is 1. The van der Waals surface area contributed by atoms with Crippen LogP contribution in [0, 0.1) is 11.3 Å². The van der Waals surface area contributed by atoms with Gasteiger partial charge in [-0.3, -0.25) is 0 Å². The molecule has 5 nitrogen and oxygen atoms in total. The van der Waals surface area contributed by atoms with Crippen molar-refractivity contribution in [1.82, 2.24) is 9.97 Å². The van der Waals surface area contributed by atoms with Gasteiger partial charge in [0.25, 0.3) is 5.88 Å². The Labute approximate surface area is 92.1 Å². The molecule has 1 aromatic carbocycles.